The third-order valence-electron chi connectivity index (χ3n) is 1.92. The summed E-state index contributed by atoms with van der Waals surface area (Å²) in [6, 6.07) is 2.46. The van der Waals surface area contributed by atoms with Crippen molar-refractivity contribution >= 4 is 11.7 Å². The maximum Gasteiger partial charge on any atom is 0.304 e. The Kier molecular flexibility index (Phi) is 4.19. The third-order valence-corrected chi connectivity index (χ3v) is 1.92. The van der Waals surface area contributed by atoms with Gasteiger partial charge in [-0.25, -0.2) is 8.78 Å². The lowest BCUT2D eigenvalue weighted by Crippen LogP contribution is -2.31. The molecule has 0 aliphatic rings. The summed E-state index contributed by atoms with van der Waals surface area (Å²) >= 11 is 0. The number of hydrogen-bond acceptors (Lipinski definition) is 3. The second-order valence-electron chi connectivity index (χ2n) is 3.36. The van der Waals surface area contributed by atoms with Crippen LogP contribution in [0.3, 0.4) is 0 Å². The minimum atomic E-state index is -1.02. The molecule has 0 fully saturated rings. The van der Waals surface area contributed by atoms with Crippen molar-refractivity contribution in [2.75, 3.05) is 11.9 Å². The number of nitrogens with one attached hydrogen (secondary N) is 1. The van der Waals surface area contributed by atoms with Gasteiger partial charge in [0, 0.05) is 18.7 Å². The lowest BCUT2D eigenvalue weighted by Gasteiger charge is -2.12. The Bertz CT molecular complexity index is 385. The maximum atomic E-state index is 13.1. The van der Waals surface area contributed by atoms with Crippen LogP contribution in [-0.4, -0.2) is 23.7 Å². The van der Waals surface area contributed by atoms with Gasteiger partial charge in [0.25, 0.3) is 0 Å². The number of carboxylic acids is 1. The Balaban J connectivity index is 2.51. The van der Waals surface area contributed by atoms with Crippen LogP contribution in [0, 0.1) is 11.6 Å². The summed E-state index contributed by atoms with van der Waals surface area (Å²) in [5.41, 5.74) is 5.56. The molecule has 0 spiro atoms. The van der Waals surface area contributed by atoms with E-state index in [-0.39, 0.29) is 18.7 Å². The van der Waals surface area contributed by atoms with Crippen LogP contribution >= 0.6 is 0 Å². The molecule has 1 atom stereocenters. The molecule has 88 valence electrons. The Morgan fingerprint density at radius 1 is 1.50 bits per heavy atom. The predicted molar refractivity (Wildman–Crippen MR) is 55.1 cm³/mol. The number of nitrogens with two attached hydrogens (primary N) is 1. The first-order valence-corrected chi connectivity index (χ1v) is 4.65. The van der Waals surface area contributed by atoms with Crippen molar-refractivity contribution in [3.05, 3.63) is 29.8 Å². The lowest BCUT2D eigenvalue weighted by atomic mass is 10.2. The highest BCUT2D eigenvalue weighted by molar-refractivity contribution is 5.67. The first-order chi connectivity index (χ1) is 7.49. The topological polar surface area (TPSA) is 75.3 Å². The number of anilines is 1. The van der Waals surface area contributed by atoms with E-state index in [9.17, 15) is 13.6 Å². The number of hydrogen-bond donors (Lipinski definition) is 3. The molecule has 4 N–H and O–H groups in total. The molecule has 4 nitrogen and oxygen atoms in total. The van der Waals surface area contributed by atoms with Crippen molar-refractivity contribution in [3.8, 4) is 0 Å². The molecule has 0 heterocycles. The van der Waals surface area contributed by atoms with E-state index in [0.29, 0.717) is 0 Å². The molecule has 1 unspecified atom stereocenters. The zero-order valence-electron chi connectivity index (χ0n) is 8.41. The van der Waals surface area contributed by atoms with Gasteiger partial charge < -0.3 is 16.2 Å². The van der Waals surface area contributed by atoms with Gasteiger partial charge in [0.1, 0.15) is 11.6 Å². The smallest absolute Gasteiger partial charge is 0.304 e. The molecular formula is C10H12F2N2O2. The molecule has 0 aromatic heterocycles. The van der Waals surface area contributed by atoms with Crippen molar-refractivity contribution in [1.82, 2.24) is 0 Å². The molecule has 0 saturated carbocycles. The fraction of sp³-hybridized carbons (Fsp3) is 0.300. The summed E-state index contributed by atoms with van der Waals surface area (Å²) in [6.07, 6.45) is -0.212. The molecular weight excluding hydrogens is 218 g/mol. The second-order valence-corrected chi connectivity index (χ2v) is 3.36. The number of carboxylic acid groups (broad SMARTS) is 1. The average molecular weight is 230 g/mol. The van der Waals surface area contributed by atoms with Gasteiger partial charge in [-0.15, -0.1) is 0 Å². The SMILES string of the molecule is NC(CNc1ccc(F)cc1F)CC(=O)O. The minimum absolute atomic E-state index is 0.0993. The first-order valence-electron chi connectivity index (χ1n) is 4.65. The van der Waals surface area contributed by atoms with Gasteiger partial charge in [-0.1, -0.05) is 0 Å². The van der Waals surface area contributed by atoms with E-state index in [2.05, 4.69) is 5.32 Å². The molecule has 0 saturated heterocycles. The van der Waals surface area contributed by atoms with Gasteiger partial charge in [0.15, 0.2) is 0 Å². The number of benzene rings is 1. The van der Waals surface area contributed by atoms with Crippen LogP contribution in [-0.2, 0) is 4.79 Å². The van der Waals surface area contributed by atoms with E-state index in [1.165, 1.54) is 6.07 Å². The van der Waals surface area contributed by atoms with Crippen LogP contribution in [0.25, 0.3) is 0 Å². The molecule has 0 radical (unpaired) electrons. The Morgan fingerprint density at radius 3 is 2.75 bits per heavy atom. The van der Waals surface area contributed by atoms with Gasteiger partial charge >= 0.3 is 5.97 Å². The Labute approximate surface area is 91.1 Å². The lowest BCUT2D eigenvalue weighted by molar-refractivity contribution is -0.137. The highest BCUT2D eigenvalue weighted by atomic mass is 19.1. The van der Waals surface area contributed by atoms with Crippen LogP contribution < -0.4 is 11.1 Å². The van der Waals surface area contributed by atoms with Crippen LogP contribution in [0.4, 0.5) is 14.5 Å². The van der Waals surface area contributed by atoms with Gasteiger partial charge in [-0.05, 0) is 12.1 Å². The van der Waals surface area contributed by atoms with Crippen molar-refractivity contribution in [2.24, 2.45) is 5.73 Å². The first kappa shape index (κ1) is 12.4. The summed E-state index contributed by atoms with van der Waals surface area (Å²) in [5.74, 6) is -2.42. The maximum absolute atomic E-state index is 13.1. The minimum Gasteiger partial charge on any atom is -0.481 e. The van der Waals surface area contributed by atoms with Crippen LogP contribution in [0.5, 0.6) is 0 Å². The summed E-state index contributed by atoms with van der Waals surface area (Å²) < 4.78 is 25.7. The molecule has 0 bridgehead atoms. The molecule has 1 aromatic rings. The largest absolute Gasteiger partial charge is 0.481 e. The van der Waals surface area contributed by atoms with E-state index in [4.69, 9.17) is 10.8 Å². The average Bonchev–Trinajstić information content (AvgIpc) is 2.15. The normalized spacial score (nSPS) is 12.2. The zero-order valence-corrected chi connectivity index (χ0v) is 8.41. The van der Waals surface area contributed by atoms with E-state index >= 15 is 0 Å². The number of rotatable bonds is 5. The summed E-state index contributed by atoms with van der Waals surface area (Å²) in [5, 5.41) is 11.1. The van der Waals surface area contributed by atoms with Gasteiger partial charge in [0.05, 0.1) is 12.1 Å². The molecule has 6 heteroatoms. The highest BCUT2D eigenvalue weighted by Crippen LogP contribution is 2.14. The third kappa shape index (κ3) is 3.82. The predicted octanol–water partition coefficient (Wildman–Crippen LogP) is 1.18. The van der Waals surface area contributed by atoms with Gasteiger partial charge in [-0.3, -0.25) is 4.79 Å². The van der Waals surface area contributed by atoms with Gasteiger partial charge in [0.2, 0.25) is 0 Å². The van der Waals surface area contributed by atoms with Crippen LogP contribution in [0.1, 0.15) is 6.42 Å². The summed E-state index contributed by atoms with van der Waals surface area (Å²) in [6.45, 7) is 0.106. The Hall–Kier alpha value is -1.69. The van der Waals surface area contributed by atoms with E-state index in [1.807, 2.05) is 0 Å². The van der Waals surface area contributed by atoms with E-state index < -0.39 is 23.6 Å². The van der Waals surface area contributed by atoms with Crippen molar-refractivity contribution < 1.29 is 18.7 Å². The van der Waals surface area contributed by atoms with E-state index in [0.717, 1.165) is 12.1 Å². The summed E-state index contributed by atoms with van der Waals surface area (Å²) in [4.78, 5) is 10.3. The van der Waals surface area contributed by atoms with Crippen LogP contribution in [0.2, 0.25) is 0 Å². The fourth-order valence-electron chi connectivity index (χ4n) is 1.17. The molecule has 0 aliphatic heterocycles. The quantitative estimate of drug-likeness (QED) is 0.710. The molecule has 0 amide bonds. The fourth-order valence-corrected chi connectivity index (χ4v) is 1.17. The van der Waals surface area contributed by atoms with E-state index in [1.54, 1.807) is 0 Å². The number of halogens is 2. The summed E-state index contributed by atoms with van der Waals surface area (Å²) in [7, 11) is 0. The van der Waals surface area contributed by atoms with Crippen molar-refractivity contribution in [3.63, 3.8) is 0 Å². The number of aliphatic carboxylic acids is 1. The molecule has 16 heavy (non-hydrogen) atoms. The second kappa shape index (κ2) is 5.41. The van der Waals surface area contributed by atoms with Gasteiger partial charge in [-0.2, -0.15) is 0 Å². The molecule has 1 aromatic carbocycles. The molecule has 1 rings (SSSR count). The zero-order chi connectivity index (χ0) is 12.1. The molecule has 0 aliphatic carbocycles. The standard InChI is InChI=1S/C10H12F2N2O2/c11-6-1-2-9(8(12)3-6)14-5-7(13)4-10(15)16/h1-3,7,14H,4-5,13H2,(H,15,16). The Morgan fingerprint density at radius 2 is 2.19 bits per heavy atom. The van der Waals surface area contributed by atoms with Crippen molar-refractivity contribution in [2.45, 2.75) is 12.5 Å². The van der Waals surface area contributed by atoms with Crippen LogP contribution in [0.15, 0.2) is 18.2 Å². The van der Waals surface area contributed by atoms with Crippen molar-refractivity contribution in [1.29, 1.82) is 0 Å². The highest BCUT2D eigenvalue weighted by Gasteiger charge is 2.09. The monoisotopic (exact) mass is 230 g/mol. The number of carbonyl (C=O) groups is 1.